The summed E-state index contributed by atoms with van der Waals surface area (Å²) in [4.78, 5) is 31.4. The molecule has 4 rings (SSSR count). The van der Waals surface area contributed by atoms with Crippen molar-refractivity contribution >= 4 is 28.3 Å². The van der Waals surface area contributed by atoms with Crippen LogP contribution in [0, 0.1) is 5.92 Å². The number of nitrogens with zero attached hydrogens (tertiary/aromatic N) is 2. The average Bonchev–Trinajstić information content (AvgIpc) is 3.20. The van der Waals surface area contributed by atoms with Gasteiger partial charge in [0.15, 0.2) is 5.13 Å². The number of carbonyl (C=O) groups excluding carboxylic acids is 2. The second-order valence-electron chi connectivity index (χ2n) is 7.15. The molecule has 0 bridgehead atoms. The van der Waals surface area contributed by atoms with Crippen molar-refractivity contribution in [2.24, 2.45) is 5.92 Å². The Kier molecular flexibility index (Phi) is 5.50. The normalized spacial score (nSPS) is 19.0. The van der Waals surface area contributed by atoms with E-state index in [0.29, 0.717) is 28.3 Å². The van der Waals surface area contributed by atoms with Gasteiger partial charge < -0.3 is 9.64 Å². The summed E-state index contributed by atoms with van der Waals surface area (Å²) in [6.07, 6.45) is 3.49. The number of hydrogen-bond donors (Lipinski definition) is 1. The van der Waals surface area contributed by atoms with Crippen molar-refractivity contribution in [3.05, 3.63) is 47.0 Å². The van der Waals surface area contributed by atoms with E-state index in [1.54, 1.807) is 12.1 Å². The fraction of sp³-hybridized carbons (Fsp3) is 0.450. The maximum atomic E-state index is 12.8. The number of anilines is 1. The largest absolute Gasteiger partial charge is 0.381 e. The fourth-order valence-corrected chi connectivity index (χ4v) is 4.01. The van der Waals surface area contributed by atoms with Crippen molar-refractivity contribution in [1.29, 1.82) is 0 Å². The van der Waals surface area contributed by atoms with Crippen molar-refractivity contribution in [3.8, 4) is 0 Å². The zero-order chi connectivity index (χ0) is 18.6. The Morgan fingerprint density at radius 2 is 2.04 bits per heavy atom. The van der Waals surface area contributed by atoms with Crippen molar-refractivity contribution in [1.82, 2.24) is 9.88 Å². The van der Waals surface area contributed by atoms with Crippen molar-refractivity contribution < 1.29 is 14.3 Å². The Labute approximate surface area is 162 Å². The first-order valence-electron chi connectivity index (χ1n) is 9.37. The molecule has 1 aliphatic carbocycles. The van der Waals surface area contributed by atoms with Crippen LogP contribution in [-0.2, 0) is 16.0 Å². The summed E-state index contributed by atoms with van der Waals surface area (Å²) in [6, 6.07) is 9.41. The highest BCUT2D eigenvalue weighted by molar-refractivity contribution is 7.14. The summed E-state index contributed by atoms with van der Waals surface area (Å²) in [5.74, 6) is 0.380. The van der Waals surface area contributed by atoms with E-state index in [1.807, 2.05) is 28.5 Å². The van der Waals surface area contributed by atoms with Crippen molar-refractivity contribution in [2.45, 2.75) is 31.7 Å². The fourth-order valence-electron chi connectivity index (χ4n) is 3.31. The quantitative estimate of drug-likeness (QED) is 0.795. The highest BCUT2D eigenvalue weighted by Gasteiger charge is 2.34. The van der Waals surface area contributed by atoms with Gasteiger partial charge >= 0.3 is 0 Å². The molecule has 1 saturated heterocycles. The third kappa shape index (κ3) is 4.73. The van der Waals surface area contributed by atoms with Gasteiger partial charge in [-0.05, 0) is 31.4 Å². The zero-order valence-corrected chi connectivity index (χ0v) is 15.9. The first-order chi connectivity index (χ1) is 13.2. The molecule has 1 aromatic heterocycles. The first kappa shape index (κ1) is 18.1. The molecule has 2 aromatic rings. The van der Waals surface area contributed by atoms with Gasteiger partial charge in [0.05, 0.1) is 18.7 Å². The first-order valence-corrected chi connectivity index (χ1v) is 10.2. The molecule has 27 heavy (non-hydrogen) atoms. The molecule has 2 fully saturated rings. The molecule has 142 valence electrons. The Hall–Kier alpha value is -2.25. The van der Waals surface area contributed by atoms with Crippen LogP contribution in [0.25, 0.3) is 0 Å². The van der Waals surface area contributed by atoms with Crippen LogP contribution in [0.5, 0.6) is 0 Å². The smallest absolute Gasteiger partial charge is 0.257 e. The Morgan fingerprint density at radius 1 is 1.22 bits per heavy atom. The number of ether oxygens (including phenoxy) is 1. The van der Waals surface area contributed by atoms with Crippen LogP contribution in [0.3, 0.4) is 0 Å². The third-order valence-corrected chi connectivity index (χ3v) is 5.73. The maximum absolute atomic E-state index is 12.8. The zero-order valence-electron chi connectivity index (χ0n) is 15.1. The summed E-state index contributed by atoms with van der Waals surface area (Å²) in [7, 11) is 0. The summed E-state index contributed by atoms with van der Waals surface area (Å²) in [5, 5.41) is 5.17. The molecule has 6 nitrogen and oxygen atoms in total. The minimum absolute atomic E-state index is 0.121. The van der Waals surface area contributed by atoms with Gasteiger partial charge in [-0.2, -0.15) is 0 Å². The SMILES string of the molecule is O=C(Nc1nc(CC(=O)N(CC2CCOC2)C2CC2)cs1)c1ccccc1. The van der Waals surface area contributed by atoms with Gasteiger partial charge in [-0.15, -0.1) is 11.3 Å². The van der Waals surface area contributed by atoms with Crippen LogP contribution in [0.4, 0.5) is 5.13 Å². The van der Waals surface area contributed by atoms with E-state index in [4.69, 9.17) is 4.74 Å². The lowest BCUT2D eigenvalue weighted by molar-refractivity contribution is -0.131. The molecule has 1 aliphatic heterocycles. The van der Waals surface area contributed by atoms with E-state index < -0.39 is 0 Å². The minimum atomic E-state index is -0.191. The molecule has 1 aromatic carbocycles. The third-order valence-electron chi connectivity index (χ3n) is 4.93. The molecular formula is C20H23N3O3S. The molecule has 2 amide bonds. The number of nitrogens with one attached hydrogen (secondary N) is 1. The molecule has 0 radical (unpaired) electrons. The van der Waals surface area contributed by atoms with Gasteiger partial charge in [-0.25, -0.2) is 4.98 Å². The highest BCUT2D eigenvalue weighted by atomic mass is 32.1. The van der Waals surface area contributed by atoms with Gasteiger partial charge in [-0.3, -0.25) is 14.9 Å². The Bertz CT molecular complexity index is 798. The summed E-state index contributed by atoms with van der Waals surface area (Å²) in [5.41, 5.74) is 1.30. The highest BCUT2D eigenvalue weighted by Crippen LogP contribution is 2.30. The van der Waals surface area contributed by atoms with Crippen LogP contribution in [0.1, 0.15) is 35.3 Å². The number of hydrogen-bond acceptors (Lipinski definition) is 5. The summed E-state index contributed by atoms with van der Waals surface area (Å²) >= 11 is 1.35. The van der Waals surface area contributed by atoms with Crippen molar-refractivity contribution in [3.63, 3.8) is 0 Å². The molecule has 1 N–H and O–H groups in total. The summed E-state index contributed by atoms with van der Waals surface area (Å²) < 4.78 is 5.44. The molecule has 0 spiro atoms. The number of thiazole rings is 1. The number of carbonyl (C=O) groups is 2. The summed E-state index contributed by atoms with van der Waals surface area (Å²) in [6.45, 7) is 2.34. The monoisotopic (exact) mass is 385 g/mol. The predicted molar refractivity (Wildman–Crippen MR) is 104 cm³/mol. The molecular weight excluding hydrogens is 362 g/mol. The van der Waals surface area contributed by atoms with Gasteiger partial charge in [0.25, 0.3) is 5.91 Å². The van der Waals surface area contributed by atoms with E-state index in [0.717, 1.165) is 39.0 Å². The number of amides is 2. The molecule has 2 heterocycles. The second-order valence-corrected chi connectivity index (χ2v) is 8.01. The topological polar surface area (TPSA) is 71.5 Å². The van der Waals surface area contributed by atoms with E-state index >= 15 is 0 Å². The molecule has 1 atom stereocenters. The lowest BCUT2D eigenvalue weighted by Gasteiger charge is -2.25. The Morgan fingerprint density at radius 3 is 2.74 bits per heavy atom. The molecule has 7 heteroatoms. The van der Waals surface area contributed by atoms with Crippen LogP contribution >= 0.6 is 11.3 Å². The van der Waals surface area contributed by atoms with E-state index in [9.17, 15) is 9.59 Å². The Balaban J connectivity index is 1.35. The van der Waals surface area contributed by atoms with Crippen LogP contribution in [0.15, 0.2) is 35.7 Å². The van der Waals surface area contributed by atoms with Crippen LogP contribution < -0.4 is 5.32 Å². The van der Waals surface area contributed by atoms with Crippen molar-refractivity contribution in [2.75, 3.05) is 25.1 Å². The van der Waals surface area contributed by atoms with E-state index in [1.165, 1.54) is 11.3 Å². The average molecular weight is 385 g/mol. The van der Waals surface area contributed by atoms with Gasteiger partial charge in [0.2, 0.25) is 5.91 Å². The standard InChI is InChI=1S/C20H23N3O3S/c24-18(23(17-6-7-17)11-14-8-9-26-12-14)10-16-13-27-20(21-16)22-19(25)15-4-2-1-3-5-15/h1-5,13-14,17H,6-12H2,(H,21,22,25). The second kappa shape index (κ2) is 8.19. The van der Waals surface area contributed by atoms with Gasteiger partial charge in [0.1, 0.15) is 0 Å². The lowest BCUT2D eigenvalue weighted by Crippen LogP contribution is -2.38. The molecule has 1 saturated carbocycles. The molecule has 1 unspecified atom stereocenters. The minimum Gasteiger partial charge on any atom is -0.381 e. The number of aromatic nitrogens is 1. The maximum Gasteiger partial charge on any atom is 0.257 e. The predicted octanol–water partition coefficient (Wildman–Crippen LogP) is 2.97. The van der Waals surface area contributed by atoms with Crippen LogP contribution in [-0.4, -0.2) is 47.5 Å². The van der Waals surface area contributed by atoms with E-state index in [2.05, 4.69) is 10.3 Å². The van der Waals surface area contributed by atoms with Gasteiger partial charge in [-0.1, -0.05) is 18.2 Å². The molecule has 2 aliphatic rings. The number of rotatable bonds is 7. The van der Waals surface area contributed by atoms with Gasteiger partial charge in [0, 0.05) is 36.1 Å². The van der Waals surface area contributed by atoms with Crippen LogP contribution in [0.2, 0.25) is 0 Å². The number of benzene rings is 1. The lowest BCUT2D eigenvalue weighted by atomic mass is 10.1. The van der Waals surface area contributed by atoms with E-state index in [-0.39, 0.29) is 18.2 Å².